The lowest BCUT2D eigenvalue weighted by molar-refractivity contribution is -0.148. The van der Waals surface area contributed by atoms with E-state index in [0.29, 0.717) is 9.21 Å². The van der Waals surface area contributed by atoms with Gasteiger partial charge >= 0.3 is 5.97 Å². The number of carboxylic acid groups (broad SMARTS) is 1. The van der Waals surface area contributed by atoms with Gasteiger partial charge in [-0.3, -0.25) is 0 Å². The number of ether oxygens (including phenoxy) is 1. The molecule has 0 aromatic carbocycles. The summed E-state index contributed by atoms with van der Waals surface area (Å²) in [6, 6.07) is 3.30. The number of carbonyl (C=O) groups is 1. The van der Waals surface area contributed by atoms with Crippen molar-refractivity contribution in [3.05, 3.63) is 21.3 Å². The summed E-state index contributed by atoms with van der Waals surface area (Å²) in [5, 5.41) is 8.67. The number of hydrogen-bond donors (Lipinski definition) is 1. The topological polar surface area (TPSA) is 46.5 Å². The highest BCUT2D eigenvalue weighted by Gasteiger charge is 2.20. The fourth-order valence-electron chi connectivity index (χ4n) is 0.808. The predicted molar refractivity (Wildman–Crippen MR) is 46.7 cm³/mol. The standard InChI is InChI=1S/C7H7ClO3S/c1-11-6(7(9)10)4-2-3-5(8)12-4/h2-3,6H,1H3,(H,9,10). The van der Waals surface area contributed by atoms with Crippen molar-refractivity contribution in [1.82, 2.24) is 0 Å². The van der Waals surface area contributed by atoms with E-state index in [0.717, 1.165) is 0 Å². The van der Waals surface area contributed by atoms with E-state index < -0.39 is 12.1 Å². The first-order valence-electron chi connectivity index (χ1n) is 3.16. The van der Waals surface area contributed by atoms with Gasteiger partial charge in [-0.1, -0.05) is 11.6 Å². The van der Waals surface area contributed by atoms with E-state index in [2.05, 4.69) is 0 Å². The quantitative estimate of drug-likeness (QED) is 0.825. The third kappa shape index (κ3) is 1.97. The van der Waals surface area contributed by atoms with Crippen molar-refractivity contribution in [2.75, 3.05) is 7.11 Å². The minimum atomic E-state index is -1.00. The van der Waals surface area contributed by atoms with Gasteiger partial charge in [-0.05, 0) is 12.1 Å². The molecule has 0 aliphatic rings. The number of halogens is 1. The Kier molecular flexibility index (Phi) is 3.08. The molecule has 1 unspecified atom stereocenters. The highest BCUT2D eigenvalue weighted by atomic mass is 35.5. The molecule has 3 nitrogen and oxygen atoms in total. The summed E-state index contributed by atoms with van der Waals surface area (Å²) in [4.78, 5) is 11.2. The van der Waals surface area contributed by atoms with E-state index in [9.17, 15) is 4.79 Å². The SMILES string of the molecule is COC(C(=O)O)c1ccc(Cl)s1. The van der Waals surface area contributed by atoms with Crippen LogP contribution in [0.25, 0.3) is 0 Å². The Balaban J connectivity index is 2.87. The molecular formula is C7H7ClO3S. The second kappa shape index (κ2) is 3.89. The van der Waals surface area contributed by atoms with Crippen LogP contribution in [0.5, 0.6) is 0 Å². The molecule has 0 aliphatic heterocycles. The number of methoxy groups -OCH3 is 1. The lowest BCUT2D eigenvalue weighted by atomic mass is 10.3. The number of aliphatic carboxylic acids is 1. The van der Waals surface area contributed by atoms with Crippen LogP contribution in [0.1, 0.15) is 11.0 Å². The number of hydrogen-bond acceptors (Lipinski definition) is 3. The first-order chi connectivity index (χ1) is 5.65. The van der Waals surface area contributed by atoms with E-state index >= 15 is 0 Å². The molecule has 0 aliphatic carbocycles. The molecular weight excluding hydrogens is 200 g/mol. The molecule has 1 aromatic rings. The van der Waals surface area contributed by atoms with E-state index in [4.69, 9.17) is 21.4 Å². The van der Waals surface area contributed by atoms with Gasteiger partial charge < -0.3 is 9.84 Å². The Morgan fingerprint density at radius 1 is 1.75 bits per heavy atom. The number of carboxylic acids is 1. The van der Waals surface area contributed by atoms with Gasteiger partial charge in [-0.25, -0.2) is 4.79 Å². The Morgan fingerprint density at radius 2 is 2.42 bits per heavy atom. The van der Waals surface area contributed by atoms with Crippen LogP contribution in [0, 0.1) is 0 Å². The van der Waals surface area contributed by atoms with Crippen molar-refractivity contribution in [3.63, 3.8) is 0 Å². The average molecular weight is 207 g/mol. The average Bonchev–Trinajstić information content (AvgIpc) is 2.37. The van der Waals surface area contributed by atoms with E-state index in [1.807, 2.05) is 0 Å². The fraction of sp³-hybridized carbons (Fsp3) is 0.286. The van der Waals surface area contributed by atoms with Gasteiger partial charge in [-0.2, -0.15) is 0 Å². The third-order valence-corrected chi connectivity index (χ3v) is 2.59. The van der Waals surface area contributed by atoms with Crippen LogP contribution in [0.2, 0.25) is 4.34 Å². The van der Waals surface area contributed by atoms with Gasteiger partial charge in [0.2, 0.25) is 0 Å². The Hall–Kier alpha value is -0.580. The van der Waals surface area contributed by atoms with Crippen LogP contribution >= 0.6 is 22.9 Å². The maximum Gasteiger partial charge on any atom is 0.338 e. The van der Waals surface area contributed by atoms with Crippen LogP contribution < -0.4 is 0 Å². The van der Waals surface area contributed by atoms with E-state index in [1.54, 1.807) is 12.1 Å². The summed E-state index contributed by atoms with van der Waals surface area (Å²) >= 11 is 6.84. The normalized spacial score (nSPS) is 12.8. The molecule has 0 saturated heterocycles. The Morgan fingerprint density at radius 3 is 2.75 bits per heavy atom. The third-order valence-electron chi connectivity index (χ3n) is 1.31. The van der Waals surface area contributed by atoms with Crippen molar-refractivity contribution >= 4 is 28.9 Å². The van der Waals surface area contributed by atoms with Crippen LogP contribution in [0.3, 0.4) is 0 Å². The molecule has 1 N–H and O–H groups in total. The highest BCUT2D eigenvalue weighted by Crippen LogP contribution is 2.28. The summed E-state index contributed by atoms with van der Waals surface area (Å²) in [6.07, 6.45) is -0.900. The summed E-state index contributed by atoms with van der Waals surface area (Å²) < 4.78 is 5.33. The van der Waals surface area contributed by atoms with Crippen LogP contribution in [-0.4, -0.2) is 18.2 Å². The number of rotatable bonds is 3. The first kappa shape index (κ1) is 9.51. The maximum absolute atomic E-state index is 10.6. The first-order valence-corrected chi connectivity index (χ1v) is 4.35. The zero-order valence-corrected chi connectivity index (χ0v) is 7.85. The molecule has 66 valence electrons. The minimum Gasteiger partial charge on any atom is -0.479 e. The van der Waals surface area contributed by atoms with Crippen molar-refractivity contribution in [2.45, 2.75) is 6.10 Å². The Labute approximate surface area is 78.5 Å². The van der Waals surface area contributed by atoms with Crippen molar-refractivity contribution in [3.8, 4) is 0 Å². The van der Waals surface area contributed by atoms with Gasteiger partial charge in [0.25, 0.3) is 0 Å². The lowest BCUT2D eigenvalue weighted by Gasteiger charge is -2.06. The molecule has 1 rings (SSSR count). The largest absolute Gasteiger partial charge is 0.479 e. The van der Waals surface area contributed by atoms with Crippen LogP contribution in [0.15, 0.2) is 12.1 Å². The molecule has 0 saturated carbocycles. The summed E-state index contributed by atoms with van der Waals surface area (Å²) in [5.74, 6) is -1.00. The van der Waals surface area contributed by atoms with Crippen LogP contribution in [0.4, 0.5) is 0 Å². The molecule has 12 heavy (non-hydrogen) atoms. The number of thiophene rings is 1. The van der Waals surface area contributed by atoms with Gasteiger partial charge in [0.05, 0.1) is 4.34 Å². The van der Waals surface area contributed by atoms with Crippen molar-refractivity contribution in [2.24, 2.45) is 0 Å². The maximum atomic E-state index is 10.6. The van der Waals surface area contributed by atoms with E-state index in [-0.39, 0.29) is 0 Å². The molecule has 0 amide bonds. The minimum absolute atomic E-state index is 0.563. The van der Waals surface area contributed by atoms with Crippen molar-refractivity contribution < 1.29 is 14.6 Å². The zero-order valence-electron chi connectivity index (χ0n) is 6.28. The summed E-state index contributed by atoms with van der Waals surface area (Å²) in [7, 11) is 1.35. The molecule has 0 spiro atoms. The smallest absolute Gasteiger partial charge is 0.338 e. The summed E-state index contributed by atoms with van der Waals surface area (Å²) in [5.41, 5.74) is 0. The molecule has 0 radical (unpaired) electrons. The fourth-order valence-corrected chi connectivity index (χ4v) is 1.94. The summed E-state index contributed by atoms with van der Waals surface area (Å²) in [6.45, 7) is 0. The lowest BCUT2D eigenvalue weighted by Crippen LogP contribution is -2.11. The molecule has 5 heteroatoms. The molecule has 1 atom stereocenters. The second-order valence-electron chi connectivity index (χ2n) is 2.10. The second-order valence-corrected chi connectivity index (χ2v) is 3.84. The van der Waals surface area contributed by atoms with Gasteiger partial charge in [0.15, 0.2) is 6.10 Å². The van der Waals surface area contributed by atoms with Gasteiger partial charge in [-0.15, -0.1) is 11.3 Å². The monoisotopic (exact) mass is 206 g/mol. The van der Waals surface area contributed by atoms with Crippen LogP contribution in [-0.2, 0) is 9.53 Å². The predicted octanol–water partition coefficient (Wildman–Crippen LogP) is 2.17. The molecule has 1 aromatic heterocycles. The van der Waals surface area contributed by atoms with Crippen molar-refractivity contribution in [1.29, 1.82) is 0 Å². The molecule has 1 heterocycles. The van der Waals surface area contributed by atoms with E-state index in [1.165, 1.54) is 18.4 Å². The molecule has 0 fully saturated rings. The highest BCUT2D eigenvalue weighted by molar-refractivity contribution is 7.16. The van der Waals surface area contributed by atoms with Gasteiger partial charge in [0, 0.05) is 12.0 Å². The zero-order chi connectivity index (χ0) is 9.14. The molecule has 0 bridgehead atoms. The van der Waals surface area contributed by atoms with Gasteiger partial charge in [0.1, 0.15) is 0 Å². The Bertz CT molecular complexity index is 284.